The highest BCUT2D eigenvalue weighted by molar-refractivity contribution is 7.11. The summed E-state index contributed by atoms with van der Waals surface area (Å²) < 4.78 is 0. The zero-order valence-corrected chi connectivity index (χ0v) is 9.94. The molecule has 1 atom stereocenters. The highest BCUT2D eigenvalue weighted by Crippen LogP contribution is 2.24. The predicted octanol–water partition coefficient (Wildman–Crippen LogP) is 1.66. The van der Waals surface area contributed by atoms with Gasteiger partial charge in [-0.25, -0.2) is 4.98 Å². The normalized spacial score (nSPS) is 12.9. The van der Waals surface area contributed by atoms with Gasteiger partial charge in [0, 0.05) is 28.6 Å². The van der Waals surface area contributed by atoms with Crippen molar-refractivity contribution in [1.29, 1.82) is 0 Å². The lowest BCUT2D eigenvalue weighted by Gasteiger charge is -2.11. The van der Waals surface area contributed by atoms with Gasteiger partial charge in [-0.15, -0.1) is 22.7 Å². The van der Waals surface area contributed by atoms with Gasteiger partial charge in [0.2, 0.25) is 0 Å². The zero-order chi connectivity index (χ0) is 10.7. The minimum absolute atomic E-state index is 0.136. The molecule has 0 spiro atoms. The molecule has 2 aromatic heterocycles. The third kappa shape index (κ3) is 2.60. The van der Waals surface area contributed by atoms with Crippen molar-refractivity contribution >= 4 is 22.7 Å². The summed E-state index contributed by atoms with van der Waals surface area (Å²) in [5, 5.41) is 1.06. The molecule has 0 amide bonds. The lowest BCUT2D eigenvalue weighted by atomic mass is 10.2. The van der Waals surface area contributed by atoms with E-state index in [9.17, 15) is 0 Å². The molecule has 15 heavy (non-hydrogen) atoms. The number of aromatic nitrogens is 2. The third-order valence-corrected chi connectivity index (χ3v) is 3.90. The molecule has 80 valence electrons. The fourth-order valence-corrected chi connectivity index (χ4v) is 2.81. The first-order valence-electron chi connectivity index (χ1n) is 4.55. The SMILES string of the molecule is Cc1ncc(C(Cc2cncs2)NN)s1. The number of hydrazine groups is 1. The van der Waals surface area contributed by atoms with Crippen LogP contribution < -0.4 is 11.3 Å². The number of nitrogens with zero attached hydrogens (tertiary/aromatic N) is 2. The Kier molecular flexibility index (Phi) is 3.42. The Bertz CT molecular complexity index is 409. The van der Waals surface area contributed by atoms with Gasteiger partial charge in [0.25, 0.3) is 0 Å². The molecule has 0 bridgehead atoms. The molecule has 2 aromatic rings. The first-order valence-corrected chi connectivity index (χ1v) is 6.25. The molecule has 1 unspecified atom stereocenters. The number of thiazole rings is 2. The van der Waals surface area contributed by atoms with Crippen molar-refractivity contribution in [3.63, 3.8) is 0 Å². The molecule has 0 radical (unpaired) electrons. The Morgan fingerprint density at radius 1 is 1.53 bits per heavy atom. The van der Waals surface area contributed by atoms with Crippen molar-refractivity contribution in [1.82, 2.24) is 15.4 Å². The van der Waals surface area contributed by atoms with Crippen LogP contribution in [0.1, 0.15) is 20.8 Å². The molecule has 0 aromatic carbocycles. The van der Waals surface area contributed by atoms with Crippen LogP contribution in [0.5, 0.6) is 0 Å². The molecule has 0 saturated heterocycles. The van der Waals surface area contributed by atoms with Crippen molar-refractivity contribution in [3.8, 4) is 0 Å². The highest BCUT2D eigenvalue weighted by atomic mass is 32.1. The lowest BCUT2D eigenvalue weighted by molar-refractivity contribution is 0.563. The molecule has 0 aliphatic heterocycles. The van der Waals surface area contributed by atoms with Crippen LogP contribution in [0, 0.1) is 6.92 Å². The Labute approximate surface area is 96.2 Å². The molecule has 2 heterocycles. The Morgan fingerprint density at radius 3 is 2.93 bits per heavy atom. The van der Waals surface area contributed by atoms with Gasteiger partial charge in [-0.2, -0.15) is 0 Å². The van der Waals surface area contributed by atoms with Crippen molar-refractivity contribution in [2.24, 2.45) is 5.84 Å². The fourth-order valence-electron chi connectivity index (χ4n) is 1.32. The van der Waals surface area contributed by atoms with E-state index in [1.165, 1.54) is 9.75 Å². The van der Waals surface area contributed by atoms with Gasteiger partial charge in [0.1, 0.15) is 0 Å². The Balaban J connectivity index is 2.11. The van der Waals surface area contributed by atoms with Gasteiger partial charge in [-0.05, 0) is 6.92 Å². The van der Waals surface area contributed by atoms with E-state index in [0.29, 0.717) is 0 Å². The highest BCUT2D eigenvalue weighted by Gasteiger charge is 2.13. The molecule has 0 aliphatic carbocycles. The topological polar surface area (TPSA) is 63.8 Å². The maximum atomic E-state index is 5.54. The van der Waals surface area contributed by atoms with Gasteiger partial charge in [0.15, 0.2) is 0 Å². The molecule has 2 rings (SSSR count). The summed E-state index contributed by atoms with van der Waals surface area (Å²) in [7, 11) is 0. The van der Waals surface area contributed by atoms with Crippen molar-refractivity contribution in [2.45, 2.75) is 19.4 Å². The largest absolute Gasteiger partial charge is 0.271 e. The van der Waals surface area contributed by atoms with Crippen LogP contribution in [0.15, 0.2) is 17.9 Å². The van der Waals surface area contributed by atoms with E-state index < -0.39 is 0 Å². The van der Waals surface area contributed by atoms with E-state index in [-0.39, 0.29) is 6.04 Å². The van der Waals surface area contributed by atoms with E-state index in [0.717, 1.165) is 11.4 Å². The van der Waals surface area contributed by atoms with Crippen LogP contribution in [-0.4, -0.2) is 9.97 Å². The summed E-state index contributed by atoms with van der Waals surface area (Å²) in [6.07, 6.45) is 4.62. The second-order valence-electron chi connectivity index (χ2n) is 3.17. The van der Waals surface area contributed by atoms with Crippen LogP contribution in [0.3, 0.4) is 0 Å². The summed E-state index contributed by atoms with van der Waals surface area (Å²) in [5.41, 5.74) is 4.65. The van der Waals surface area contributed by atoms with Crippen molar-refractivity contribution in [2.75, 3.05) is 0 Å². The molecule has 3 N–H and O–H groups in total. The molecule has 6 heteroatoms. The minimum atomic E-state index is 0.136. The third-order valence-electron chi connectivity index (χ3n) is 2.07. The molecular weight excluding hydrogens is 228 g/mol. The van der Waals surface area contributed by atoms with E-state index in [1.807, 2.05) is 24.8 Å². The van der Waals surface area contributed by atoms with Crippen LogP contribution in [-0.2, 0) is 6.42 Å². The summed E-state index contributed by atoms with van der Waals surface area (Å²) in [6, 6.07) is 0.136. The Morgan fingerprint density at radius 2 is 2.40 bits per heavy atom. The number of hydrogen-bond acceptors (Lipinski definition) is 6. The smallest absolute Gasteiger partial charge is 0.0897 e. The monoisotopic (exact) mass is 240 g/mol. The second kappa shape index (κ2) is 4.80. The zero-order valence-electron chi connectivity index (χ0n) is 8.30. The first kappa shape index (κ1) is 10.7. The average molecular weight is 240 g/mol. The Hall–Kier alpha value is -0.820. The minimum Gasteiger partial charge on any atom is -0.271 e. The maximum absolute atomic E-state index is 5.54. The predicted molar refractivity (Wildman–Crippen MR) is 62.7 cm³/mol. The van der Waals surface area contributed by atoms with Gasteiger partial charge in [-0.3, -0.25) is 16.3 Å². The summed E-state index contributed by atoms with van der Waals surface area (Å²) in [6.45, 7) is 1.99. The second-order valence-corrected chi connectivity index (χ2v) is 5.41. The standard InChI is InChI=1S/C9H12N4S2/c1-6-12-4-9(15-6)8(13-10)2-7-3-11-5-14-7/h3-5,8,13H,2,10H2,1H3. The molecular formula is C9H12N4S2. The fraction of sp³-hybridized carbons (Fsp3) is 0.333. The van der Waals surface area contributed by atoms with E-state index in [4.69, 9.17) is 5.84 Å². The average Bonchev–Trinajstić information content (AvgIpc) is 2.85. The van der Waals surface area contributed by atoms with Crippen molar-refractivity contribution < 1.29 is 0 Å². The number of hydrogen-bond donors (Lipinski definition) is 2. The summed E-state index contributed by atoms with van der Waals surface area (Å²) >= 11 is 3.32. The van der Waals surface area contributed by atoms with Crippen LogP contribution in [0.25, 0.3) is 0 Å². The number of nitrogens with one attached hydrogen (secondary N) is 1. The summed E-state index contributed by atoms with van der Waals surface area (Å²) in [5.74, 6) is 5.54. The van der Waals surface area contributed by atoms with Gasteiger partial charge in [0.05, 0.1) is 16.6 Å². The number of aryl methyl sites for hydroxylation is 1. The lowest BCUT2D eigenvalue weighted by Crippen LogP contribution is -2.28. The molecule has 0 aliphatic rings. The van der Waals surface area contributed by atoms with Crippen molar-refractivity contribution in [3.05, 3.63) is 32.7 Å². The summed E-state index contributed by atoms with van der Waals surface area (Å²) in [4.78, 5) is 10.7. The van der Waals surface area contributed by atoms with E-state index >= 15 is 0 Å². The number of nitrogens with two attached hydrogens (primary N) is 1. The molecule has 0 saturated carbocycles. The van der Waals surface area contributed by atoms with Crippen LogP contribution in [0.2, 0.25) is 0 Å². The van der Waals surface area contributed by atoms with Crippen LogP contribution in [0.4, 0.5) is 0 Å². The quantitative estimate of drug-likeness (QED) is 0.630. The van der Waals surface area contributed by atoms with Crippen LogP contribution >= 0.6 is 22.7 Å². The van der Waals surface area contributed by atoms with E-state index in [1.54, 1.807) is 22.7 Å². The van der Waals surface area contributed by atoms with Gasteiger partial charge in [-0.1, -0.05) is 0 Å². The van der Waals surface area contributed by atoms with E-state index in [2.05, 4.69) is 15.4 Å². The molecule has 0 fully saturated rings. The molecule has 4 nitrogen and oxygen atoms in total. The first-order chi connectivity index (χ1) is 7.29. The number of rotatable bonds is 4. The van der Waals surface area contributed by atoms with Gasteiger partial charge >= 0.3 is 0 Å². The van der Waals surface area contributed by atoms with Gasteiger partial charge < -0.3 is 0 Å². The maximum Gasteiger partial charge on any atom is 0.0897 e.